The lowest BCUT2D eigenvalue weighted by atomic mass is 10.1. The summed E-state index contributed by atoms with van der Waals surface area (Å²) in [6.07, 6.45) is 1.21. The van der Waals surface area contributed by atoms with Gasteiger partial charge in [-0.2, -0.15) is 9.41 Å². The molecule has 0 saturated carbocycles. The van der Waals surface area contributed by atoms with E-state index in [1.807, 2.05) is 13.0 Å². The number of carboxylic acids is 1. The number of hydrogen-bond acceptors (Lipinski definition) is 5. The van der Waals surface area contributed by atoms with Gasteiger partial charge in [-0.05, 0) is 43.5 Å². The van der Waals surface area contributed by atoms with E-state index in [1.54, 1.807) is 68.4 Å². The van der Waals surface area contributed by atoms with E-state index in [0.717, 1.165) is 15.4 Å². The van der Waals surface area contributed by atoms with Crippen LogP contribution in [0.4, 0.5) is 0 Å². The topological polar surface area (TPSA) is 116 Å². The monoisotopic (exact) mass is 493 g/mol. The maximum Gasteiger partial charge on any atom is 0.336 e. The molecule has 2 N–H and O–H groups in total. The standard InChI is InChI=1S/C26H27N3O5S/c1-18-13-19(2)25(20(3)14-18)35(33,34)29(16-21-9-5-4-6-10-21)17-24(30)28-27-15-22-11-7-8-12-23(22)26(31)32/h4-15H,16-17H2,1-3H3,(H,28,30)(H,31,32)/b27-15-. The van der Waals surface area contributed by atoms with Crippen molar-refractivity contribution in [1.29, 1.82) is 0 Å². The third-order valence-corrected chi connectivity index (χ3v) is 7.41. The predicted molar refractivity (Wildman–Crippen MR) is 134 cm³/mol. The van der Waals surface area contributed by atoms with Gasteiger partial charge >= 0.3 is 5.97 Å². The van der Waals surface area contributed by atoms with Gasteiger partial charge in [0.1, 0.15) is 0 Å². The van der Waals surface area contributed by atoms with E-state index in [4.69, 9.17) is 0 Å². The van der Waals surface area contributed by atoms with E-state index in [-0.39, 0.29) is 17.0 Å². The van der Waals surface area contributed by atoms with Crippen molar-refractivity contribution in [2.24, 2.45) is 5.10 Å². The molecule has 182 valence electrons. The van der Waals surface area contributed by atoms with Crippen molar-refractivity contribution >= 4 is 28.1 Å². The van der Waals surface area contributed by atoms with Gasteiger partial charge in [-0.1, -0.05) is 66.2 Å². The molecule has 0 fully saturated rings. The molecule has 3 rings (SSSR count). The second-order valence-corrected chi connectivity index (χ2v) is 10.0. The molecule has 0 aromatic heterocycles. The van der Waals surface area contributed by atoms with Gasteiger partial charge in [0.25, 0.3) is 5.91 Å². The Labute approximate surface area is 205 Å². The lowest BCUT2D eigenvalue weighted by molar-refractivity contribution is -0.121. The van der Waals surface area contributed by atoms with Gasteiger partial charge in [0, 0.05) is 12.1 Å². The fourth-order valence-electron chi connectivity index (χ4n) is 3.89. The first-order valence-electron chi connectivity index (χ1n) is 10.9. The van der Waals surface area contributed by atoms with Crippen LogP contribution in [0.3, 0.4) is 0 Å². The van der Waals surface area contributed by atoms with E-state index < -0.39 is 28.4 Å². The Morgan fingerprint density at radius 3 is 2.20 bits per heavy atom. The Bertz CT molecular complexity index is 1350. The van der Waals surface area contributed by atoms with Gasteiger partial charge in [0.2, 0.25) is 10.0 Å². The zero-order chi connectivity index (χ0) is 25.6. The molecule has 0 aliphatic rings. The van der Waals surface area contributed by atoms with Crippen LogP contribution in [0.15, 0.2) is 76.7 Å². The zero-order valence-electron chi connectivity index (χ0n) is 19.7. The third kappa shape index (κ3) is 6.40. The van der Waals surface area contributed by atoms with Crippen LogP contribution in [0.2, 0.25) is 0 Å². The summed E-state index contributed by atoms with van der Waals surface area (Å²) in [5, 5.41) is 13.1. The number of carbonyl (C=O) groups excluding carboxylic acids is 1. The van der Waals surface area contributed by atoms with Crippen molar-refractivity contribution in [3.8, 4) is 0 Å². The van der Waals surface area contributed by atoms with Crippen LogP contribution in [0, 0.1) is 20.8 Å². The van der Waals surface area contributed by atoms with Crippen LogP contribution in [0.1, 0.15) is 38.2 Å². The lowest BCUT2D eigenvalue weighted by Gasteiger charge is -2.24. The summed E-state index contributed by atoms with van der Waals surface area (Å²) < 4.78 is 28.5. The first kappa shape index (κ1) is 25.8. The number of carboxylic acid groups (broad SMARTS) is 1. The second-order valence-electron chi connectivity index (χ2n) is 8.17. The van der Waals surface area contributed by atoms with Crippen LogP contribution in [-0.4, -0.2) is 42.5 Å². The normalized spacial score (nSPS) is 11.7. The minimum atomic E-state index is -4.02. The van der Waals surface area contributed by atoms with Crippen LogP contribution in [0.25, 0.3) is 0 Å². The summed E-state index contributed by atoms with van der Waals surface area (Å²) >= 11 is 0. The van der Waals surface area contributed by atoms with Gasteiger partial charge < -0.3 is 5.11 Å². The highest BCUT2D eigenvalue weighted by atomic mass is 32.2. The number of amides is 1. The maximum atomic E-state index is 13.7. The minimum absolute atomic E-state index is 0.00505. The van der Waals surface area contributed by atoms with E-state index in [1.165, 1.54) is 12.3 Å². The Morgan fingerprint density at radius 2 is 1.57 bits per heavy atom. The van der Waals surface area contributed by atoms with Gasteiger partial charge in [-0.25, -0.2) is 18.6 Å². The van der Waals surface area contributed by atoms with Crippen molar-refractivity contribution in [3.63, 3.8) is 0 Å². The number of carbonyl (C=O) groups is 2. The van der Waals surface area contributed by atoms with Crippen LogP contribution >= 0.6 is 0 Å². The molecule has 3 aromatic rings. The highest BCUT2D eigenvalue weighted by Crippen LogP contribution is 2.26. The van der Waals surface area contributed by atoms with E-state index >= 15 is 0 Å². The number of nitrogens with one attached hydrogen (secondary N) is 1. The summed E-state index contributed by atoms with van der Waals surface area (Å²) in [4.78, 5) is 24.2. The van der Waals surface area contributed by atoms with Crippen LogP contribution < -0.4 is 5.43 Å². The average molecular weight is 494 g/mol. The van der Waals surface area contributed by atoms with Crippen LogP contribution in [0.5, 0.6) is 0 Å². The molecular weight excluding hydrogens is 466 g/mol. The van der Waals surface area contributed by atoms with Gasteiger partial charge in [-0.15, -0.1) is 0 Å². The highest BCUT2D eigenvalue weighted by molar-refractivity contribution is 7.89. The summed E-state index contributed by atoms with van der Waals surface area (Å²) in [6, 6.07) is 18.8. The first-order chi connectivity index (χ1) is 16.6. The number of hydrazone groups is 1. The Hall–Kier alpha value is -3.82. The van der Waals surface area contributed by atoms with Crippen molar-refractivity contribution in [1.82, 2.24) is 9.73 Å². The molecule has 0 aliphatic heterocycles. The number of rotatable bonds is 9. The number of sulfonamides is 1. The van der Waals surface area contributed by atoms with E-state index in [0.29, 0.717) is 16.7 Å². The zero-order valence-corrected chi connectivity index (χ0v) is 20.5. The molecule has 0 spiro atoms. The smallest absolute Gasteiger partial charge is 0.336 e. The maximum absolute atomic E-state index is 13.7. The fraction of sp³-hybridized carbons (Fsp3) is 0.192. The Kier molecular flexibility index (Phi) is 8.16. The molecule has 0 heterocycles. The van der Waals surface area contributed by atoms with Gasteiger partial charge in [0.15, 0.2) is 0 Å². The molecule has 3 aromatic carbocycles. The molecule has 8 nitrogen and oxygen atoms in total. The molecule has 1 amide bonds. The average Bonchev–Trinajstić information content (AvgIpc) is 2.78. The molecule has 35 heavy (non-hydrogen) atoms. The van der Waals surface area contributed by atoms with Gasteiger partial charge in [0.05, 0.1) is 23.2 Å². The third-order valence-electron chi connectivity index (χ3n) is 5.31. The quantitative estimate of drug-likeness (QED) is 0.349. The molecule has 0 aliphatic carbocycles. The van der Waals surface area contributed by atoms with Crippen molar-refractivity contribution in [3.05, 3.63) is 100 Å². The van der Waals surface area contributed by atoms with Gasteiger partial charge in [-0.3, -0.25) is 4.79 Å². The van der Waals surface area contributed by atoms with Crippen molar-refractivity contribution in [2.75, 3.05) is 6.54 Å². The fourth-order valence-corrected chi connectivity index (χ4v) is 5.69. The largest absolute Gasteiger partial charge is 0.478 e. The number of aromatic carboxylic acids is 1. The summed E-state index contributed by atoms with van der Waals surface area (Å²) in [6.45, 7) is 4.89. The molecule has 9 heteroatoms. The summed E-state index contributed by atoms with van der Waals surface area (Å²) in [5.74, 6) is -1.78. The molecule has 0 bridgehead atoms. The van der Waals surface area contributed by atoms with Crippen molar-refractivity contribution < 1.29 is 23.1 Å². The Morgan fingerprint density at radius 1 is 0.971 bits per heavy atom. The first-order valence-corrected chi connectivity index (χ1v) is 12.3. The predicted octanol–water partition coefficient (Wildman–Crippen LogP) is 3.65. The number of nitrogens with zero attached hydrogens (tertiary/aromatic N) is 2. The summed E-state index contributed by atoms with van der Waals surface area (Å²) in [5.41, 5.74) is 5.52. The van der Waals surface area contributed by atoms with Crippen molar-refractivity contribution in [2.45, 2.75) is 32.2 Å². The lowest BCUT2D eigenvalue weighted by Crippen LogP contribution is -2.39. The minimum Gasteiger partial charge on any atom is -0.478 e. The van der Waals surface area contributed by atoms with E-state index in [9.17, 15) is 23.1 Å². The molecule has 0 atom stereocenters. The molecule has 0 unspecified atom stereocenters. The van der Waals surface area contributed by atoms with Crippen LogP contribution in [-0.2, 0) is 21.4 Å². The number of hydrogen-bond donors (Lipinski definition) is 2. The molecule has 0 radical (unpaired) electrons. The number of benzene rings is 3. The molecular formula is C26H27N3O5S. The number of aryl methyl sites for hydroxylation is 3. The highest BCUT2D eigenvalue weighted by Gasteiger charge is 2.30. The summed E-state index contributed by atoms with van der Waals surface area (Å²) in [7, 11) is -4.02. The second kappa shape index (κ2) is 11.1. The van der Waals surface area contributed by atoms with E-state index in [2.05, 4.69) is 10.5 Å². The molecule has 0 saturated heterocycles. The Balaban J connectivity index is 1.87. The SMILES string of the molecule is Cc1cc(C)c(S(=O)(=O)N(CC(=O)N/N=C\c2ccccc2C(=O)O)Cc2ccccc2)c(C)c1.